The molecule has 0 unspecified atom stereocenters. The summed E-state index contributed by atoms with van der Waals surface area (Å²) >= 11 is 0. The maximum Gasteiger partial charge on any atom is 0.105 e. The van der Waals surface area contributed by atoms with E-state index in [0.29, 0.717) is 0 Å². The predicted octanol–water partition coefficient (Wildman–Crippen LogP) is 2.97. The molecule has 0 radical (unpaired) electrons. The smallest absolute Gasteiger partial charge is 0.105 e. The molecule has 4 aromatic rings. The number of hydrogen-bond donors (Lipinski definition) is 0. The van der Waals surface area contributed by atoms with Gasteiger partial charge < -0.3 is 9.13 Å². The fourth-order valence-electron chi connectivity index (χ4n) is 2.56. The Labute approximate surface area is 127 Å². The minimum Gasteiger partial charge on any atom is -0.329 e. The molecular weight excluding hydrogens is 274 g/mol. The van der Waals surface area contributed by atoms with Gasteiger partial charge >= 0.3 is 0 Å². The van der Waals surface area contributed by atoms with Crippen LogP contribution in [0.5, 0.6) is 0 Å². The zero-order chi connectivity index (χ0) is 14.9. The number of aryl methyl sites for hydroxylation is 1. The van der Waals surface area contributed by atoms with Crippen LogP contribution in [0.1, 0.15) is 11.5 Å². The first-order chi connectivity index (χ1) is 10.8. The van der Waals surface area contributed by atoms with Crippen LogP contribution in [0.15, 0.2) is 61.4 Å². The van der Waals surface area contributed by atoms with Crippen molar-refractivity contribution in [2.24, 2.45) is 0 Å². The maximum atomic E-state index is 4.49. The van der Waals surface area contributed by atoms with Gasteiger partial charge in [-0.1, -0.05) is 6.07 Å². The second-order valence-corrected chi connectivity index (χ2v) is 5.26. The summed E-state index contributed by atoms with van der Waals surface area (Å²) in [7, 11) is 0. The van der Waals surface area contributed by atoms with E-state index in [-0.39, 0.29) is 0 Å². The topological polar surface area (TPSA) is 48.5 Å². The summed E-state index contributed by atoms with van der Waals surface area (Å²) in [6.07, 6.45) is 9.49. The van der Waals surface area contributed by atoms with E-state index in [2.05, 4.69) is 43.9 Å². The lowest BCUT2D eigenvalue weighted by Gasteiger charge is -2.04. The molecule has 5 nitrogen and oxygen atoms in total. The van der Waals surface area contributed by atoms with Crippen molar-refractivity contribution in [1.82, 2.24) is 24.1 Å². The average molecular weight is 289 g/mol. The fraction of sp³-hybridized carbons (Fsp3) is 0.118. The Hall–Kier alpha value is -2.95. The van der Waals surface area contributed by atoms with Crippen LogP contribution in [0.3, 0.4) is 0 Å². The van der Waals surface area contributed by atoms with Gasteiger partial charge in [0.2, 0.25) is 0 Å². The van der Waals surface area contributed by atoms with Crippen LogP contribution >= 0.6 is 0 Å². The number of rotatable bonds is 3. The van der Waals surface area contributed by atoms with Gasteiger partial charge in [-0.25, -0.2) is 9.97 Å². The van der Waals surface area contributed by atoms with Crippen LogP contribution < -0.4 is 0 Å². The largest absolute Gasteiger partial charge is 0.329 e. The molecule has 0 N–H and O–H groups in total. The van der Waals surface area contributed by atoms with Gasteiger partial charge in [0.1, 0.15) is 5.82 Å². The number of fused-ring (bicyclic) bond motifs is 1. The highest BCUT2D eigenvalue weighted by molar-refractivity contribution is 5.80. The van der Waals surface area contributed by atoms with Gasteiger partial charge in [-0.05, 0) is 31.2 Å². The SMILES string of the molecule is Cc1nccn1Cc1cn(-c2ccc3ncccc3c2)cn1. The lowest BCUT2D eigenvalue weighted by atomic mass is 10.2. The van der Waals surface area contributed by atoms with Crippen LogP contribution in [0.2, 0.25) is 0 Å². The zero-order valence-electron chi connectivity index (χ0n) is 12.2. The van der Waals surface area contributed by atoms with E-state index in [1.807, 2.05) is 48.5 Å². The van der Waals surface area contributed by atoms with Crippen LogP contribution in [0.25, 0.3) is 16.6 Å². The third-order valence-electron chi connectivity index (χ3n) is 3.78. The molecule has 0 saturated carbocycles. The second kappa shape index (κ2) is 5.11. The summed E-state index contributed by atoms with van der Waals surface area (Å²) in [6.45, 7) is 2.72. The van der Waals surface area contributed by atoms with E-state index >= 15 is 0 Å². The molecule has 0 saturated heterocycles. The summed E-state index contributed by atoms with van der Waals surface area (Å²) in [6, 6.07) is 10.2. The quantitative estimate of drug-likeness (QED) is 0.582. The Morgan fingerprint density at radius 3 is 2.86 bits per heavy atom. The molecule has 3 heterocycles. The van der Waals surface area contributed by atoms with Crippen LogP contribution in [0.4, 0.5) is 0 Å². The van der Waals surface area contributed by atoms with E-state index < -0.39 is 0 Å². The van der Waals surface area contributed by atoms with Gasteiger partial charge in [0, 0.05) is 35.9 Å². The third-order valence-corrected chi connectivity index (χ3v) is 3.78. The van der Waals surface area contributed by atoms with Crippen LogP contribution in [-0.4, -0.2) is 24.1 Å². The van der Waals surface area contributed by atoms with Crippen molar-refractivity contribution >= 4 is 10.9 Å². The van der Waals surface area contributed by atoms with Crippen molar-refractivity contribution in [2.45, 2.75) is 13.5 Å². The standard InChI is InChI=1S/C17H15N5/c1-13-18-7-8-21(13)10-15-11-22(12-20-15)16-4-5-17-14(9-16)3-2-6-19-17/h2-9,11-12H,10H2,1H3. The molecule has 3 aromatic heterocycles. The maximum absolute atomic E-state index is 4.49. The Morgan fingerprint density at radius 2 is 2.00 bits per heavy atom. The molecule has 0 amide bonds. The summed E-state index contributed by atoms with van der Waals surface area (Å²) < 4.78 is 4.12. The second-order valence-electron chi connectivity index (χ2n) is 5.26. The molecule has 5 heteroatoms. The first kappa shape index (κ1) is 12.8. The van der Waals surface area contributed by atoms with E-state index in [1.54, 1.807) is 0 Å². The van der Waals surface area contributed by atoms with Crippen molar-refractivity contribution in [3.05, 3.63) is 73.0 Å². The molecule has 4 rings (SSSR count). The number of hydrogen-bond acceptors (Lipinski definition) is 3. The zero-order valence-corrected chi connectivity index (χ0v) is 12.2. The molecule has 0 spiro atoms. The normalized spacial score (nSPS) is 11.1. The summed E-state index contributed by atoms with van der Waals surface area (Å²) in [5, 5.41) is 1.13. The number of aromatic nitrogens is 5. The van der Waals surface area contributed by atoms with Gasteiger partial charge in [-0.2, -0.15) is 0 Å². The molecule has 0 aliphatic heterocycles. The number of imidazole rings is 2. The lowest BCUT2D eigenvalue weighted by Crippen LogP contribution is -2.00. The minimum atomic E-state index is 0.730. The summed E-state index contributed by atoms with van der Waals surface area (Å²) in [5.74, 6) is 0.992. The van der Waals surface area contributed by atoms with Crippen LogP contribution in [0, 0.1) is 6.92 Å². The average Bonchev–Trinajstić information content (AvgIpc) is 3.17. The Kier molecular flexibility index (Phi) is 2.96. The predicted molar refractivity (Wildman–Crippen MR) is 84.9 cm³/mol. The molecule has 22 heavy (non-hydrogen) atoms. The third kappa shape index (κ3) is 2.26. The molecule has 0 bridgehead atoms. The van der Waals surface area contributed by atoms with Crippen molar-refractivity contribution in [3.63, 3.8) is 0 Å². The molecule has 0 aliphatic rings. The van der Waals surface area contributed by atoms with Crippen LogP contribution in [-0.2, 0) is 6.54 Å². The van der Waals surface area contributed by atoms with Gasteiger partial charge in [-0.15, -0.1) is 0 Å². The van der Waals surface area contributed by atoms with E-state index in [9.17, 15) is 0 Å². The van der Waals surface area contributed by atoms with Gasteiger partial charge in [0.25, 0.3) is 0 Å². The Morgan fingerprint density at radius 1 is 1.05 bits per heavy atom. The minimum absolute atomic E-state index is 0.730. The summed E-state index contributed by atoms with van der Waals surface area (Å²) in [5.41, 5.74) is 3.09. The van der Waals surface area contributed by atoms with Gasteiger partial charge in [-0.3, -0.25) is 4.98 Å². The van der Waals surface area contributed by atoms with Gasteiger partial charge in [0.05, 0.1) is 24.1 Å². The highest BCUT2D eigenvalue weighted by Gasteiger charge is 2.04. The Bertz CT molecular complexity index is 935. The Balaban J connectivity index is 1.66. The molecule has 0 fully saturated rings. The van der Waals surface area contributed by atoms with Gasteiger partial charge in [0.15, 0.2) is 0 Å². The first-order valence-corrected chi connectivity index (χ1v) is 7.15. The number of pyridine rings is 1. The molecule has 0 aliphatic carbocycles. The van der Waals surface area contributed by atoms with E-state index in [0.717, 1.165) is 34.7 Å². The molecule has 1 aromatic carbocycles. The summed E-state index contributed by atoms with van der Waals surface area (Å²) in [4.78, 5) is 13.1. The van der Waals surface area contributed by atoms with Crippen molar-refractivity contribution < 1.29 is 0 Å². The highest BCUT2D eigenvalue weighted by atomic mass is 15.1. The first-order valence-electron chi connectivity index (χ1n) is 7.15. The number of nitrogens with zero attached hydrogens (tertiary/aromatic N) is 5. The van der Waals surface area contributed by atoms with E-state index in [4.69, 9.17) is 0 Å². The lowest BCUT2D eigenvalue weighted by molar-refractivity contribution is 0.746. The fourth-order valence-corrected chi connectivity index (χ4v) is 2.56. The number of benzene rings is 1. The van der Waals surface area contributed by atoms with Crippen molar-refractivity contribution in [1.29, 1.82) is 0 Å². The van der Waals surface area contributed by atoms with Crippen molar-refractivity contribution in [3.8, 4) is 5.69 Å². The molecule has 108 valence electrons. The van der Waals surface area contributed by atoms with E-state index in [1.165, 1.54) is 0 Å². The van der Waals surface area contributed by atoms with Crippen molar-refractivity contribution in [2.75, 3.05) is 0 Å². The molecular formula is C17H15N5. The molecule has 0 atom stereocenters. The highest BCUT2D eigenvalue weighted by Crippen LogP contribution is 2.17. The monoisotopic (exact) mass is 289 g/mol.